The van der Waals surface area contributed by atoms with E-state index in [1.165, 1.54) is 6.92 Å². The molecule has 6 heterocycles. The van der Waals surface area contributed by atoms with Crippen molar-refractivity contribution in [2.75, 3.05) is 33.8 Å². The Bertz CT molecular complexity index is 2200. The van der Waals surface area contributed by atoms with Gasteiger partial charge in [0.2, 0.25) is 0 Å². The molecule has 61 heavy (non-hydrogen) atoms. The van der Waals surface area contributed by atoms with Crippen LogP contribution >= 0.6 is 0 Å². The van der Waals surface area contributed by atoms with Gasteiger partial charge in [0.05, 0.1) is 42.2 Å². The first-order valence-electron chi connectivity index (χ1n) is 21.4. The molecule has 2 bridgehead atoms. The number of aliphatic hydroxyl groups is 1. The van der Waals surface area contributed by atoms with Gasteiger partial charge in [-0.05, 0) is 104 Å². The molecule has 2 aromatic heterocycles. The van der Waals surface area contributed by atoms with E-state index in [2.05, 4.69) is 23.7 Å². The number of ether oxygens (including phenoxy) is 5. The smallest absolute Gasteiger partial charge is 0.410 e. The summed E-state index contributed by atoms with van der Waals surface area (Å²) in [6.07, 6.45) is -0.579. The molecule has 3 saturated heterocycles. The number of rotatable bonds is 6. The highest BCUT2D eigenvalue weighted by molar-refractivity contribution is 6.00. The number of cyclic esters (lactones) is 1. The van der Waals surface area contributed by atoms with Crippen LogP contribution in [-0.4, -0.2) is 131 Å². The molecule has 0 aliphatic carbocycles. The highest BCUT2D eigenvalue weighted by atomic mass is 16.7. The first kappa shape index (κ1) is 44.4. The molecule has 328 valence electrons. The number of amides is 1. The maximum Gasteiger partial charge on any atom is 0.410 e. The second-order valence-corrected chi connectivity index (χ2v) is 18.0. The Hall–Kier alpha value is -4.65. The third kappa shape index (κ3) is 8.73. The predicted octanol–water partition coefficient (Wildman–Crippen LogP) is 5.92. The minimum atomic E-state index is -1.27. The molecule has 0 saturated carbocycles. The van der Waals surface area contributed by atoms with E-state index in [-0.39, 0.29) is 30.6 Å². The van der Waals surface area contributed by atoms with Crippen LogP contribution in [0.3, 0.4) is 0 Å². The number of carbonyl (C=O) groups excluding carboxylic acids is 3. The van der Waals surface area contributed by atoms with Crippen molar-refractivity contribution in [1.29, 1.82) is 0 Å². The molecule has 1 N–H and O–H groups in total. The summed E-state index contributed by atoms with van der Waals surface area (Å²) < 4.78 is 37.7. The van der Waals surface area contributed by atoms with Crippen LogP contribution in [0.5, 0.6) is 0 Å². The Morgan fingerprint density at radius 1 is 1.03 bits per heavy atom. The van der Waals surface area contributed by atoms with E-state index in [0.717, 1.165) is 27.7 Å². The number of ketones is 1. The monoisotopic (exact) mass is 840 g/mol. The molecule has 0 spiro atoms. The second-order valence-electron chi connectivity index (χ2n) is 18.0. The van der Waals surface area contributed by atoms with Crippen LogP contribution in [0.4, 0.5) is 4.79 Å². The zero-order chi connectivity index (χ0) is 44.0. The van der Waals surface area contributed by atoms with Gasteiger partial charge in [-0.3, -0.25) is 24.5 Å². The zero-order valence-corrected chi connectivity index (χ0v) is 36.9. The maximum absolute atomic E-state index is 14.6. The van der Waals surface area contributed by atoms with Crippen molar-refractivity contribution in [2.45, 2.75) is 122 Å². The highest BCUT2D eigenvalue weighted by Crippen LogP contribution is 2.43. The van der Waals surface area contributed by atoms with Crippen molar-refractivity contribution in [1.82, 2.24) is 14.8 Å². The van der Waals surface area contributed by atoms with Crippen molar-refractivity contribution < 1.29 is 47.6 Å². The summed E-state index contributed by atoms with van der Waals surface area (Å²) in [6.45, 7) is 15.3. The summed E-state index contributed by atoms with van der Waals surface area (Å²) in [4.78, 5) is 55.2. The Balaban J connectivity index is 1.27. The van der Waals surface area contributed by atoms with Crippen molar-refractivity contribution >= 4 is 34.5 Å². The van der Waals surface area contributed by atoms with Crippen molar-refractivity contribution in [3.63, 3.8) is 0 Å². The number of aromatic nitrogens is 1. The quantitative estimate of drug-likeness (QED) is 0.178. The van der Waals surface area contributed by atoms with Gasteiger partial charge in [0.25, 0.3) is 0 Å². The van der Waals surface area contributed by atoms with Crippen LogP contribution in [0.2, 0.25) is 0 Å². The summed E-state index contributed by atoms with van der Waals surface area (Å²) in [6, 6.07) is 10.7. The summed E-state index contributed by atoms with van der Waals surface area (Å²) in [7, 11) is 3.79. The van der Waals surface area contributed by atoms with Crippen LogP contribution < -0.4 is 0 Å². The van der Waals surface area contributed by atoms with Crippen molar-refractivity contribution in [3.05, 3.63) is 54.4 Å². The maximum atomic E-state index is 14.6. The fourth-order valence-electron chi connectivity index (χ4n) is 9.99. The van der Waals surface area contributed by atoms with Gasteiger partial charge in [-0.2, -0.15) is 0 Å². The topological polar surface area (TPSA) is 162 Å². The molecule has 4 aliphatic heterocycles. The van der Waals surface area contributed by atoms with Crippen molar-refractivity contribution in [3.8, 4) is 23.2 Å². The molecule has 4 aliphatic rings. The minimum absolute atomic E-state index is 0.0501. The van der Waals surface area contributed by atoms with E-state index < -0.39 is 71.5 Å². The van der Waals surface area contributed by atoms with Crippen LogP contribution in [-0.2, 0) is 33.3 Å². The van der Waals surface area contributed by atoms with E-state index in [0.29, 0.717) is 31.7 Å². The molecular formula is C47H60N4O10. The largest absolute Gasteiger partial charge is 0.464 e. The number of fused-ring (bicyclic) bond motifs is 2. The fourth-order valence-corrected chi connectivity index (χ4v) is 9.99. The van der Waals surface area contributed by atoms with Crippen LogP contribution in [0, 0.1) is 35.5 Å². The number of furan rings is 1. The number of pyridine rings is 1. The molecule has 14 nitrogen and oxygen atoms in total. The zero-order valence-electron chi connectivity index (χ0n) is 36.9. The van der Waals surface area contributed by atoms with Crippen LogP contribution in [0.25, 0.3) is 22.2 Å². The Labute approximate surface area is 358 Å². The molecule has 3 aromatic rings. The van der Waals surface area contributed by atoms with Gasteiger partial charge >= 0.3 is 12.1 Å². The lowest BCUT2D eigenvalue weighted by Gasteiger charge is -2.47. The third-order valence-corrected chi connectivity index (χ3v) is 13.4. The normalized spacial score (nSPS) is 36.1. The molecule has 13 atom stereocenters. The average Bonchev–Trinajstić information content (AvgIpc) is 3.80. The van der Waals surface area contributed by atoms with Crippen LogP contribution in [0.1, 0.15) is 73.8 Å². The Morgan fingerprint density at radius 2 is 1.80 bits per heavy atom. The van der Waals surface area contributed by atoms with Gasteiger partial charge in [0, 0.05) is 52.8 Å². The summed E-state index contributed by atoms with van der Waals surface area (Å²) >= 11 is 0. The number of likely N-dealkylation sites (N-methyl/N-ethyl adjacent to an activating group) is 1. The lowest BCUT2D eigenvalue weighted by Crippen LogP contribution is -2.60. The summed E-state index contributed by atoms with van der Waals surface area (Å²) in [5.41, 5.74) is 0.769. The number of hydrogen-bond donors (Lipinski definition) is 1. The lowest BCUT2D eigenvalue weighted by atomic mass is 9.73. The van der Waals surface area contributed by atoms with E-state index in [1.807, 2.05) is 76.2 Å². The van der Waals surface area contributed by atoms with E-state index in [1.54, 1.807) is 38.1 Å². The van der Waals surface area contributed by atoms with Gasteiger partial charge < -0.3 is 38.1 Å². The van der Waals surface area contributed by atoms with Gasteiger partial charge in [-0.15, -0.1) is 0 Å². The predicted molar refractivity (Wildman–Crippen MR) is 228 cm³/mol. The molecular weight excluding hydrogens is 781 g/mol. The molecule has 0 radical (unpaired) electrons. The van der Waals surface area contributed by atoms with E-state index in [9.17, 15) is 19.5 Å². The number of aliphatic imine (C=N–C) groups is 1. The van der Waals surface area contributed by atoms with E-state index in [4.69, 9.17) is 33.1 Å². The van der Waals surface area contributed by atoms with Crippen LogP contribution in [0.15, 0.2) is 58.3 Å². The van der Waals surface area contributed by atoms with Gasteiger partial charge in [-0.25, -0.2) is 4.79 Å². The molecule has 1 unspecified atom stereocenters. The number of hydrogen-bond acceptors (Lipinski definition) is 13. The number of nitrogens with zero attached hydrogens (tertiary/aromatic N) is 4. The standard InChI is InChI=1S/C47H60N4O10/c1-26-24-46(7,57-20-11-13-32-15-16-35-33(22-32)23-34(25-49-35)37-14-12-19-56-37)42(60-44-40(53)36(50(9)10)21-27(2)58-44)29(4)39(52)30(5)43(54)59-31(6)47(8)41-28(3)38(26)48-17-18-51(41)45(55)61-47/h12,14-16,19,22-23,25-31,36,40-42,44,53H,17-18,20-21,24H2,1-10H3/t26-,27+,28-,29+,30-,31+,36-,40?,41-,42-,44-,46+,47-/m1/s1. The van der Waals surface area contributed by atoms with Gasteiger partial charge in [0.15, 0.2) is 17.7 Å². The minimum Gasteiger partial charge on any atom is -0.464 e. The highest BCUT2D eigenvalue weighted by Gasteiger charge is 2.60. The molecule has 3 fully saturated rings. The van der Waals surface area contributed by atoms with E-state index >= 15 is 0 Å². The lowest BCUT2D eigenvalue weighted by molar-refractivity contribution is -0.296. The van der Waals surface area contributed by atoms with Crippen molar-refractivity contribution in [2.24, 2.45) is 28.7 Å². The molecule has 1 aromatic carbocycles. The first-order chi connectivity index (χ1) is 28.9. The summed E-state index contributed by atoms with van der Waals surface area (Å²) in [5.74, 6) is 3.24. The molecule has 7 rings (SSSR count). The Kier molecular flexibility index (Phi) is 12.8. The molecule has 14 heteroatoms. The number of benzene rings is 1. The third-order valence-electron chi connectivity index (χ3n) is 13.4. The summed E-state index contributed by atoms with van der Waals surface area (Å²) in [5, 5.41) is 12.6. The molecule has 1 amide bonds. The number of carbonyl (C=O) groups is 3. The average molecular weight is 841 g/mol. The first-order valence-corrected chi connectivity index (χ1v) is 21.4. The van der Waals surface area contributed by atoms with Gasteiger partial charge in [0.1, 0.15) is 30.5 Å². The number of esters is 1. The second kappa shape index (κ2) is 17.6. The number of Topliss-reactive ketones (excluding diaryl/α,β-unsaturated/α-hetero) is 1. The number of aliphatic hydroxyl groups excluding tert-OH is 1. The fraction of sp³-hybridized carbons (Fsp3) is 0.596. The Morgan fingerprint density at radius 3 is 2.52 bits per heavy atom. The SMILES string of the molecule is C[C@H]1C(=O)O[C@@H](C)[C@@]2(C)OC(=O)N3CCN=C([C@H](C)C[C@](C)(OCC#Cc4ccc5ncc(-c6ccco6)cc5c4)[C@H](O[C@H]4O[C@@H](C)C[C@@H](N(C)C)C4O)[C@@H](C)C1=O)[C@@H](C)[C@@H]32. The van der Waals surface area contributed by atoms with Gasteiger partial charge in [-0.1, -0.05) is 32.6 Å².